The van der Waals surface area contributed by atoms with E-state index in [-0.39, 0.29) is 30.3 Å². The van der Waals surface area contributed by atoms with E-state index in [1.54, 1.807) is 42.5 Å². The van der Waals surface area contributed by atoms with Gasteiger partial charge in [-0.3, -0.25) is 14.4 Å². The summed E-state index contributed by atoms with van der Waals surface area (Å²) in [5.74, 6) is -0.595. The highest BCUT2D eigenvalue weighted by molar-refractivity contribution is 6.33. The molecular formula is C22H25ClN4O3. The summed E-state index contributed by atoms with van der Waals surface area (Å²) in [6.07, 6.45) is 3.16. The van der Waals surface area contributed by atoms with Gasteiger partial charge in [0.1, 0.15) is 0 Å². The second-order valence-electron chi connectivity index (χ2n) is 7.19. The number of halogens is 1. The molecule has 1 aliphatic carbocycles. The highest BCUT2D eigenvalue weighted by atomic mass is 35.5. The number of amides is 3. The quantitative estimate of drug-likeness (QED) is 0.484. The molecule has 0 unspecified atom stereocenters. The van der Waals surface area contributed by atoms with Gasteiger partial charge >= 0.3 is 0 Å². The van der Waals surface area contributed by atoms with E-state index in [1.165, 1.54) is 0 Å². The van der Waals surface area contributed by atoms with Gasteiger partial charge in [0.25, 0.3) is 5.91 Å². The zero-order chi connectivity index (χ0) is 21.5. The molecule has 3 rings (SSSR count). The van der Waals surface area contributed by atoms with Crippen molar-refractivity contribution >= 4 is 46.4 Å². The first-order valence-corrected chi connectivity index (χ1v) is 10.4. The average Bonchev–Trinajstić information content (AvgIpc) is 3.53. The van der Waals surface area contributed by atoms with Crippen molar-refractivity contribution in [2.24, 2.45) is 0 Å². The molecule has 30 heavy (non-hydrogen) atoms. The number of nitrogens with one attached hydrogen (secondary N) is 4. The lowest BCUT2D eigenvalue weighted by Gasteiger charge is -2.13. The highest BCUT2D eigenvalue weighted by Crippen LogP contribution is 2.26. The van der Waals surface area contributed by atoms with Gasteiger partial charge in [0.15, 0.2) is 0 Å². The molecule has 0 heterocycles. The van der Waals surface area contributed by atoms with Gasteiger partial charge in [0.2, 0.25) is 11.8 Å². The van der Waals surface area contributed by atoms with E-state index in [0.717, 1.165) is 19.3 Å². The maximum absolute atomic E-state index is 12.4. The van der Waals surface area contributed by atoms with Crippen molar-refractivity contribution in [3.8, 4) is 0 Å². The number of hydrogen-bond acceptors (Lipinski definition) is 4. The van der Waals surface area contributed by atoms with Gasteiger partial charge in [-0.05, 0) is 49.6 Å². The molecule has 7 nitrogen and oxygen atoms in total. The number of rotatable bonds is 9. The fourth-order valence-corrected chi connectivity index (χ4v) is 3.02. The van der Waals surface area contributed by atoms with Crippen LogP contribution in [0.4, 0.5) is 17.1 Å². The van der Waals surface area contributed by atoms with Crippen molar-refractivity contribution in [2.45, 2.75) is 38.6 Å². The van der Waals surface area contributed by atoms with Gasteiger partial charge in [-0.1, -0.05) is 30.7 Å². The van der Waals surface area contributed by atoms with E-state index in [9.17, 15) is 14.4 Å². The standard InChI is InChI=1S/C22H25ClN4O3/c1-2-5-20(28)25-15-10-11-17(23)19(12-15)24-13-21(29)27-18-7-4-3-6-16(18)22(30)26-14-8-9-14/h3-4,6-7,10-12,14,24H,2,5,8-9,13H2,1H3,(H,25,28)(H,26,30)(H,27,29). The van der Waals surface area contributed by atoms with Gasteiger partial charge in [0.05, 0.1) is 28.5 Å². The third-order valence-corrected chi connectivity index (χ3v) is 4.85. The van der Waals surface area contributed by atoms with Crippen molar-refractivity contribution in [2.75, 3.05) is 22.5 Å². The normalized spacial score (nSPS) is 12.7. The Morgan fingerprint density at radius 1 is 1.00 bits per heavy atom. The van der Waals surface area contributed by atoms with Crippen LogP contribution in [0.5, 0.6) is 0 Å². The molecule has 0 radical (unpaired) electrons. The Labute approximate surface area is 180 Å². The Kier molecular flexibility index (Phi) is 7.30. The Morgan fingerprint density at radius 2 is 1.77 bits per heavy atom. The second-order valence-corrected chi connectivity index (χ2v) is 7.60. The molecule has 1 saturated carbocycles. The van der Waals surface area contributed by atoms with Gasteiger partial charge in [0, 0.05) is 18.2 Å². The average molecular weight is 429 g/mol. The summed E-state index contributed by atoms with van der Waals surface area (Å²) in [5.41, 5.74) is 2.01. The van der Waals surface area contributed by atoms with Crippen LogP contribution in [0.3, 0.4) is 0 Å². The number of benzene rings is 2. The largest absolute Gasteiger partial charge is 0.375 e. The summed E-state index contributed by atoms with van der Waals surface area (Å²) in [6.45, 7) is 1.88. The minimum atomic E-state index is -0.321. The molecule has 4 N–H and O–H groups in total. The van der Waals surface area contributed by atoms with Crippen LogP contribution in [0.2, 0.25) is 5.02 Å². The van der Waals surface area contributed by atoms with Gasteiger partial charge in [-0.2, -0.15) is 0 Å². The SMILES string of the molecule is CCCC(=O)Nc1ccc(Cl)c(NCC(=O)Nc2ccccc2C(=O)NC2CC2)c1. The fraction of sp³-hybridized carbons (Fsp3) is 0.318. The molecule has 0 spiro atoms. The minimum Gasteiger partial charge on any atom is -0.375 e. The summed E-state index contributed by atoms with van der Waals surface area (Å²) in [7, 11) is 0. The predicted octanol–water partition coefficient (Wildman–Crippen LogP) is 4.02. The number of anilines is 3. The Balaban J connectivity index is 1.60. The maximum Gasteiger partial charge on any atom is 0.253 e. The first kappa shape index (κ1) is 21.6. The lowest BCUT2D eigenvalue weighted by Crippen LogP contribution is -2.28. The van der Waals surface area contributed by atoms with Crippen molar-refractivity contribution in [1.82, 2.24) is 5.32 Å². The van der Waals surface area contributed by atoms with Crippen molar-refractivity contribution in [1.29, 1.82) is 0 Å². The van der Waals surface area contributed by atoms with E-state index in [2.05, 4.69) is 21.3 Å². The van der Waals surface area contributed by atoms with Crippen LogP contribution < -0.4 is 21.3 Å². The first-order valence-electron chi connectivity index (χ1n) is 9.99. The zero-order valence-corrected chi connectivity index (χ0v) is 17.5. The molecule has 158 valence electrons. The third-order valence-electron chi connectivity index (χ3n) is 4.52. The zero-order valence-electron chi connectivity index (χ0n) is 16.8. The van der Waals surface area contributed by atoms with Crippen LogP contribution in [0.15, 0.2) is 42.5 Å². The molecule has 0 bridgehead atoms. The monoisotopic (exact) mass is 428 g/mol. The predicted molar refractivity (Wildman–Crippen MR) is 119 cm³/mol. The Hall–Kier alpha value is -3.06. The van der Waals surface area contributed by atoms with E-state index in [4.69, 9.17) is 11.6 Å². The molecule has 2 aromatic carbocycles. The molecule has 0 saturated heterocycles. The smallest absolute Gasteiger partial charge is 0.253 e. The summed E-state index contributed by atoms with van der Waals surface area (Å²) in [4.78, 5) is 36.6. The van der Waals surface area contributed by atoms with Gasteiger partial charge in [-0.25, -0.2) is 0 Å². The van der Waals surface area contributed by atoms with Crippen LogP contribution in [-0.4, -0.2) is 30.3 Å². The van der Waals surface area contributed by atoms with Crippen LogP contribution >= 0.6 is 11.6 Å². The van der Waals surface area contributed by atoms with Crippen LogP contribution in [0, 0.1) is 0 Å². The molecule has 2 aromatic rings. The van der Waals surface area contributed by atoms with E-state index in [1.807, 2.05) is 6.92 Å². The molecule has 1 fully saturated rings. The summed E-state index contributed by atoms with van der Waals surface area (Å²) >= 11 is 6.20. The number of carbonyl (C=O) groups is 3. The molecule has 1 aliphatic rings. The van der Waals surface area contributed by atoms with Crippen molar-refractivity contribution in [3.05, 3.63) is 53.1 Å². The van der Waals surface area contributed by atoms with Crippen LogP contribution in [0.25, 0.3) is 0 Å². The fourth-order valence-electron chi connectivity index (χ4n) is 2.84. The van der Waals surface area contributed by atoms with Gasteiger partial charge in [-0.15, -0.1) is 0 Å². The molecule has 0 aliphatic heterocycles. The van der Waals surface area contributed by atoms with Crippen molar-refractivity contribution < 1.29 is 14.4 Å². The van der Waals surface area contributed by atoms with E-state index in [0.29, 0.717) is 34.1 Å². The number of para-hydroxylation sites is 1. The van der Waals surface area contributed by atoms with Crippen molar-refractivity contribution in [3.63, 3.8) is 0 Å². The van der Waals surface area contributed by atoms with Gasteiger partial charge < -0.3 is 21.3 Å². The summed E-state index contributed by atoms with van der Waals surface area (Å²) in [5, 5.41) is 11.9. The molecule has 3 amide bonds. The molecule has 0 atom stereocenters. The van der Waals surface area contributed by atoms with E-state index >= 15 is 0 Å². The molecule has 8 heteroatoms. The number of carbonyl (C=O) groups excluding carboxylic acids is 3. The highest BCUT2D eigenvalue weighted by Gasteiger charge is 2.25. The maximum atomic E-state index is 12.4. The topological polar surface area (TPSA) is 99.3 Å². The lowest BCUT2D eigenvalue weighted by molar-refractivity contribution is -0.116. The summed E-state index contributed by atoms with van der Waals surface area (Å²) < 4.78 is 0. The Bertz CT molecular complexity index is 944. The number of hydrogen-bond donors (Lipinski definition) is 4. The second kappa shape index (κ2) is 10.1. The molecule has 0 aromatic heterocycles. The Morgan fingerprint density at radius 3 is 2.50 bits per heavy atom. The van der Waals surface area contributed by atoms with Crippen LogP contribution in [-0.2, 0) is 9.59 Å². The lowest BCUT2D eigenvalue weighted by atomic mass is 10.1. The van der Waals surface area contributed by atoms with Crippen LogP contribution in [0.1, 0.15) is 43.0 Å². The van der Waals surface area contributed by atoms with E-state index < -0.39 is 0 Å². The third kappa shape index (κ3) is 6.22. The first-order chi connectivity index (χ1) is 14.5. The molecular weight excluding hydrogens is 404 g/mol. The summed E-state index contributed by atoms with van der Waals surface area (Å²) in [6, 6.07) is 12.2. The minimum absolute atomic E-state index is 0.0509.